The number of methoxy groups -OCH3 is 2. The average Bonchev–Trinajstić information content (AvgIpc) is 3.19. The van der Waals surface area contributed by atoms with E-state index in [2.05, 4.69) is 10.1 Å². The van der Waals surface area contributed by atoms with Gasteiger partial charge in [0.2, 0.25) is 11.7 Å². The summed E-state index contributed by atoms with van der Waals surface area (Å²) in [7, 11) is 3.10. The molecule has 0 atom stereocenters. The van der Waals surface area contributed by atoms with Crippen LogP contribution in [0.15, 0.2) is 47.0 Å². The minimum absolute atomic E-state index is 0.171. The Balaban J connectivity index is 1.80. The SMILES string of the molecule is CCN(Cc1nc(-c2cccc(C)c2)no1)C(=O)c1cc(OC)cc(OC)c1. The van der Waals surface area contributed by atoms with Crippen LogP contribution in [0.5, 0.6) is 11.5 Å². The number of carbonyl (C=O) groups excluding carboxylic acids is 1. The van der Waals surface area contributed by atoms with Gasteiger partial charge in [-0.05, 0) is 32.0 Å². The van der Waals surface area contributed by atoms with Crippen LogP contribution in [-0.2, 0) is 6.54 Å². The lowest BCUT2D eigenvalue weighted by Gasteiger charge is -2.19. The molecule has 3 aromatic rings. The van der Waals surface area contributed by atoms with E-state index in [1.807, 2.05) is 38.1 Å². The molecule has 7 nitrogen and oxygen atoms in total. The second-order valence-electron chi connectivity index (χ2n) is 6.30. The molecule has 0 bridgehead atoms. The highest BCUT2D eigenvalue weighted by molar-refractivity contribution is 5.95. The topological polar surface area (TPSA) is 77.7 Å². The van der Waals surface area contributed by atoms with E-state index in [4.69, 9.17) is 14.0 Å². The van der Waals surface area contributed by atoms with Crippen molar-refractivity contribution in [2.45, 2.75) is 20.4 Å². The van der Waals surface area contributed by atoms with Crippen LogP contribution in [0.1, 0.15) is 28.7 Å². The standard InChI is InChI=1S/C21H23N3O4/c1-5-24(21(25)16-10-17(26-3)12-18(11-16)27-4)13-19-22-20(23-28-19)15-8-6-7-14(2)9-15/h6-12H,5,13H2,1-4H3. The Kier molecular flexibility index (Phi) is 5.93. The fraction of sp³-hybridized carbons (Fsp3) is 0.286. The zero-order valence-corrected chi connectivity index (χ0v) is 16.4. The van der Waals surface area contributed by atoms with Crippen molar-refractivity contribution >= 4 is 5.91 Å². The van der Waals surface area contributed by atoms with E-state index < -0.39 is 0 Å². The first kappa shape index (κ1) is 19.4. The number of hydrogen-bond acceptors (Lipinski definition) is 6. The molecule has 7 heteroatoms. The van der Waals surface area contributed by atoms with Gasteiger partial charge in [0.1, 0.15) is 18.0 Å². The summed E-state index contributed by atoms with van der Waals surface area (Å²) in [6.45, 7) is 4.60. The lowest BCUT2D eigenvalue weighted by atomic mass is 10.1. The van der Waals surface area contributed by atoms with Gasteiger partial charge in [0.25, 0.3) is 5.91 Å². The molecule has 1 aromatic heterocycles. The normalized spacial score (nSPS) is 10.6. The van der Waals surface area contributed by atoms with Gasteiger partial charge in [0, 0.05) is 23.7 Å². The molecule has 0 unspecified atom stereocenters. The third-order valence-corrected chi connectivity index (χ3v) is 4.34. The Bertz CT molecular complexity index is 946. The number of carbonyl (C=O) groups is 1. The minimum Gasteiger partial charge on any atom is -0.497 e. The van der Waals surface area contributed by atoms with Crippen LogP contribution in [0.3, 0.4) is 0 Å². The maximum atomic E-state index is 13.0. The predicted molar refractivity (Wildman–Crippen MR) is 104 cm³/mol. The van der Waals surface area contributed by atoms with Crippen molar-refractivity contribution < 1.29 is 18.8 Å². The van der Waals surface area contributed by atoms with Crippen LogP contribution in [0, 0.1) is 6.92 Å². The Hall–Kier alpha value is -3.35. The molecule has 0 radical (unpaired) electrons. The number of nitrogens with zero attached hydrogens (tertiary/aromatic N) is 3. The van der Waals surface area contributed by atoms with E-state index in [-0.39, 0.29) is 12.5 Å². The highest BCUT2D eigenvalue weighted by Gasteiger charge is 2.20. The molecule has 0 aliphatic rings. The minimum atomic E-state index is -0.171. The first-order valence-corrected chi connectivity index (χ1v) is 8.96. The maximum absolute atomic E-state index is 13.0. The summed E-state index contributed by atoms with van der Waals surface area (Å²) < 4.78 is 15.9. The van der Waals surface area contributed by atoms with Gasteiger partial charge < -0.3 is 18.9 Å². The molecule has 0 aliphatic heterocycles. The van der Waals surface area contributed by atoms with E-state index in [9.17, 15) is 4.79 Å². The molecule has 28 heavy (non-hydrogen) atoms. The summed E-state index contributed by atoms with van der Waals surface area (Å²) in [5, 5.41) is 4.04. The smallest absolute Gasteiger partial charge is 0.254 e. The van der Waals surface area contributed by atoms with Crippen LogP contribution in [0.4, 0.5) is 0 Å². The molecule has 0 N–H and O–H groups in total. The molecule has 0 saturated heterocycles. The van der Waals surface area contributed by atoms with Gasteiger partial charge in [0.05, 0.1) is 14.2 Å². The molecule has 1 heterocycles. The van der Waals surface area contributed by atoms with Gasteiger partial charge in [0.15, 0.2) is 0 Å². The van der Waals surface area contributed by atoms with Crippen LogP contribution < -0.4 is 9.47 Å². The number of aromatic nitrogens is 2. The average molecular weight is 381 g/mol. The number of hydrogen-bond donors (Lipinski definition) is 0. The van der Waals surface area contributed by atoms with Gasteiger partial charge in [-0.3, -0.25) is 4.79 Å². The number of rotatable bonds is 7. The van der Waals surface area contributed by atoms with Crippen molar-refractivity contribution in [1.82, 2.24) is 15.0 Å². The Morgan fingerprint density at radius 3 is 2.43 bits per heavy atom. The van der Waals surface area contributed by atoms with Gasteiger partial charge in [-0.1, -0.05) is 28.9 Å². The van der Waals surface area contributed by atoms with E-state index in [0.717, 1.165) is 11.1 Å². The Labute approximate surface area is 163 Å². The molecule has 0 saturated carbocycles. The summed E-state index contributed by atoms with van der Waals surface area (Å²) in [5.41, 5.74) is 2.46. The second kappa shape index (κ2) is 8.56. The zero-order valence-electron chi connectivity index (χ0n) is 16.4. The highest BCUT2D eigenvalue weighted by Crippen LogP contribution is 2.24. The van der Waals surface area contributed by atoms with E-state index >= 15 is 0 Å². The molecular formula is C21H23N3O4. The molecular weight excluding hydrogens is 358 g/mol. The molecule has 2 aromatic carbocycles. The molecule has 0 spiro atoms. The second-order valence-corrected chi connectivity index (χ2v) is 6.30. The quantitative estimate of drug-likeness (QED) is 0.621. The van der Waals surface area contributed by atoms with Crippen molar-refractivity contribution in [3.05, 3.63) is 59.5 Å². The summed E-state index contributed by atoms with van der Waals surface area (Å²) in [4.78, 5) is 19.0. The number of ether oxygens (including phenoxy) is 2. The van der Waals surface area contributed by atoms with Crippen LogP contribution in [-0.4, -0.2) is 41.7 Å². The summed E-state index contributed by atoms with van der Waals surface area (Å²) in [6, 6.07) is 12.9. The Morgan fingerprint density at radius 1 is 1.11 bits per heavy atom. The van der Waals surface area contributed by atoms with Gasteiger partial charge in [-0.25, -0.2) is 0 Å². The first-order valence-electron chi connectivity index (χ1n) is 8.96. The van der Waals surface area contributed by atoms with Crippen molar-refractivity contribution in [3.63, 3.8) is 0 Å². The number of amides is 1. The monoisotopic (exact) mass is 381 g/mol. The van der Waals surface area contributed by atoms with Crippen molar-refractivity contribution in [1.29, 1.82) is 0 Å². The number of aryl methyl sites for hydroxylation is 1. The lowest BCUT2D eigenvalue weighted by molar-refractivity contribution is 0.0733. The van der Waals surface area contributed by atoms with E-state index in [0.29, 0.717) is 35.3 Å². The van der Waals surface area contributed by atoms with Crippen molar-refractivity contribution in [2.75, 3.05) is 20.8 Å². The van der Waals surface area contributed by atoms with Gasteiger partial charge in [-0.15, -0.1) is 0 Å². The molecule has 1 amide bonds. The largest absolute Gasteiger partial charge is 0.497 e. The molecule has 0 aliphatic carbocycles. The van der Waals surface area contributed by atoms with E-state index in [1.165, 1.54) is 0 Å². The highest BCUT2D eigenvalue weighted by atomic mass is 16.5. The maximum Gasteiger partial charge on any atom is 0.254 e. The fourth-order valence-corrected chi connectivity index (χ4v) is 2.82. The van der Waals surface area contributed by atoms with Crippen LogP contribution in [0.2, 0.25) is 0 Å². The van der Waals surface area contributed by atoms with Crippen LogP contribution >= 0.6 is 0 Å². The van der Waals surface area contributed by atoms with Crippen molar-refractivity contribution in [3.8, 4) is 22.9 Å². The third kappa shape index (κ3) is 4.31. The summed E-state index contributed by atoms with van der Waals surface area (Å²) in [6.07, 6.45) is 0. The molecule has 146 valence electrons. The summed E-state index contributed by atoms with van der Waals surface area (Å²) in [5.74, 6) is 1.82. The molecule has 3 rings (SSSR count). The third-order valence-electron chi connectivity index (χ3n) is 4.34. The van der Waals surface area contributed by atoms with Crippen LogP contribution in [0.25, 0.3) is 11.4 Å². The summed E-state index contributed by atoms with van der Waals surface area (Å²) >= 11 is 0. The molecule has 0 fully saturated rings. The van der Waals surface area contributed by atoms with Gasteiger partial charge in [-0.2, -0.15) is 4.98 Å². The number of benzene rings is 2. The van der Waals surface area contributed by atoms with Crippen molar-refractivity contribution in [2.24, 2.45) is 0 Å². The Morgan fingerprint density at radius 2 is 1.82 bits per heavy atom. The van der Waals surface area contributed by atoms with Gasteiger partial charge >= 0.3 is 0 Å². The predicted octanol–water partition coefficient (Wildman–Crippen LogP) is 3.72. The zero-order chi connectivity index (χ0) is 20.1. The fourth-order valence-electron chi connectivity index (χ4n) is 2.82. The lowest BCUT2D eigenvalue weighted by Crippen LogP contribution is -2.30. The van der Waals surface area contributed by atoms with E-state index in [1.54, 1.807) is 37.3 Å². The first-order chi connectivity index (χ1) is 13.5.